The highest BCUT2D eigenvalue weighted by Crippen LogP contribution is 2.27. The van der Waals surface area contributed by atoms with Crippen LogP contribution in [0.25, 0.3) is 0 Å². The molecule has 2 aliphatic rings. The van der Waals surface area contributed by atoms with Crippen LogP contribution in [0.2, 0.25) is 0 Å². The normalized spacial score (nSPS) is 22.2. The Bertz CT molecular complexity index is 616. The molecule has 2 rings (SSSR count). The molecule has 158 valence electrons. The molecule has 0 atom stereocenters. The molecule has 1 saturated carbocycles. The van der Waals surface area contributed by atoms with Crippen LogP contribution in [-0.4, -0.2) is 68.4 Å². The van der Waals surface area contributed by atoms with Crippen molar-refractivity contribution in [1.29, 1.82) is 0 Å². The number of carbonyl (C=O) groups is 1. The topological polar surface area (TPSA) is 90.9 Å². The van der Waals surface area contributed by atoms with E-state index >= 15 is 0 Å². The van der Waals surface area contributed by atoms with Gasteiger partial charge in [-0.05, 0) is 39.5 Å². The van der Waals surface area contributed by atoms with Crippen LogP contribution in [-0.2, 0) is 14.6 Å². The van der Waals surface area contributed by atoms with E-state index in [0.717, 1.165) is 12.5 Å². The maximum absolute atomic E-state index is 12.2. The average molecular weight is 514 g/mol. The molecule has 1 heterocycles. The lowest BCUT2D eigenvalue weighted by molar-refractivity contribution is -0.121. The van der Waals surface area contributed by atoms with E-state index in [-0.39, 0.29) is 35.6 Å². The quantitative estimate of drug-likeness (QED) is 0.244. The summed E-state index contributed by atoms with van der Waals surface area (Å²) < 4.78 is 23.6. The smallest absolute Gasteiger partial charge is 0.220 e. The highest BCUT2D eigenvalue weighted by atomic mass is 127. The van der Waals surface area contributed by atoms with Crippen LogP contribution in [0.5, 0.6) is 0 Å². The van der Waals surface area contributed by atoms with Crippen molar-refractivity contribution in [3.8, 4) is 0 Å². The molecule has 0 unspecified atom stereocenters. The Morgan fingerprint density at radius 2 is 1.89 bits per heavy atom. The third-order valence-corrected chi connectivity index (χ3v) is 7.86. The number of halogens is 1. The van der Waals surface area contributed by atoms with Crippen molar-refractivity contribution in [1.82, 2.24) is 15.5 Å². The number of nitrogens with zero attached hydrogens (tertiary/aromatic N) is 2. The molecule has 2 N–H and O–H groups in total. The lowest BCUT2D eigenvalue weighted by atomic mass is 10.0. The van der Waals surface area contributed by atoms with Crippen molar-refractivity contribution in [3.05, 3.63) is 0 Å². The molecule has 0 radical (unpaired) electrons. The maximum atomic E-state index is 12.2. The number of carbonyl (C=O) groups excluding carboxylic acids is 1. The Kier molecular flexibility index (Phi) is 9.81. The van der Waals surface area contributed by atoms with Gasteiger partial charge in [0.25, 0.3) is 0 Å². The largest absolute Gasteiger partial charge is 0.357 e. The van der Waals surface area contributed by atoms with Gasteiger partial charge in [0.1, 0.15) is 0 Å². The van der Waals surface area contributed by atoms with Crippen LogP contribution >= 0.6 is 24.0 Å². The fourth-order valence-electron chi connectivity index (χ4n) is 3.66. The summed E-state index contributed by atoms with van der Waals surface area (Å²) in [6, 6.07) is 0. The van der Waals surface area contributed by atoms with Crippen molar-refractivity contribution in [2.24, 2.45) is 10.9 Å². The van der Waals surface area contributed by atoms with E-state index in [1.807, 2.05) is 11.8 Å². The third-order valence-electron chi connectivity index (χ3n) is 5.32. The first-order valence-corrected chi connectivity index (χ1v) is 11.4. The molecule has 1 aliphatic carbocycles. The predicted octanol–water partition coefficient (Wildman–Crippen LogP) is 1.78. The van der Waals surface area contributed by atoms with Crippen molar-refractivity contribution in [3.63, 3.8) is 0 Å². The minimum Gasteiger partial charge on any atom is -0.357 e. The van der Waals surface area contributed by atoms with Gasteiger partial charge in [-0.2, -0.15) is 0 Å². The molecule has 0 spiro atoms. The number of aliphatic imine (C=N–C) groups is 1. The van der Waals surface area contributed by atoms with E-state index in [1.54, 1.807) is 13.8 Å². The molecular weight excluding hydrogens is 479 g/mol. The second kappa shape index (κ2) is 10.8. The first kappa shape index (κ1) is 24.5. The van der Waals surface area contributed by atoms with Crippen molar-refractivity contribution in [2.45, 2.75) is 57.6 Å². The zero-order valence-electron chi connectivity index (χ0n) is 16.8. The summed E-state index contributed by atoms with van der Waals surface area (Å²) in [5.41, 5.74) is 0. The van der Waals surface area contributed by atoms with Gasteiger partial charge in [-0.15, -0.1) is 24.0 Å². The first-order chi connectivity index (χ1) is 12.2. The lowest BCUT2D eigenvalue weighted by Crippen LogP contribution is -2.57. The molecule has 1 saturated heterocycles. The van der Waals surface area contributed by atoms with Crippen LogP contribution in [0.1, 0.15) is 52.9 Å². The molecule has 9 heteroatoms. The monoisotopic (exact) mass is 514 g/mol. The van der Waals surface area contributed by atoms with Gasteiger partial charge in [-0.3, -0.25) is 9.79 Å². The Labute approximate surface area is 181 Å². The van der Waals surface area contributed by atoms with Crippen LogP contribution in [0.3, 0.4) is 0 Å². The predicted molar refractivity (Wildman–Crippen MR) is 120 cm³/mol. The summed E-state index contributed by atoms with van der Waals surface area (Å²) >= 11 is 0. The van der Waals surface area contributed by atoms with Gasteiger partial charge in [-0.1, -0.05) is 12.8 Å². The van der Waals surface area contributed by atoms with Gasteiger partial charge in [0.15, 0.2) is 15.8 Å². The Hall–Kier alpha value is -0.580. The van der Waals surface area contributed by atoms with E-state index in [1.165, 1.54) is 25.7 Å². The van der Waals surface area contributed by atoms with Gasteiger partial charge < -0.3 is 15.5 Å². The average Bonchev–Trinajstić information content (AvgIpc) is 3.06. The van der Waals surface area contributed by atoms with E-state index in [4.69, 9.17) is 0 Å². The molecule has 0 bridgehead atoms. The SMILES string of the molecule is CCNC(=NCCNC(=O)CC1CCCC1)N1CCS(=O)(=O)C(C)(C)C1.I. The van der Waals surface area contributed by atoms with Gasteiger partial charge in [-0.25, -0.2) is 8.42 Å². The summed E-state index contributed by atoms with van der Waals surface area (Å²) in [5, 5.41) is 6.18. The van der Waals surface area contributed by atoms with Crippen LogP contribution in [0, 0.1) is 5.92 Å². The lowest BCUT2D eigenvalue weighted by Gasteiger charge is -2.39. The Morgan fingerprint density at radius 3 is 2.48 bits per heavy atom. The first-order valence-electron chi connectivity index (χ1n) is 9.77. The fraction of sp³-hybridized carbons (Fsp3) is 0.889. The number of nitrogens with one attached hydrogen (secondary N) is 2. The van der Waals surface area contributed by atoms with Gasteiger partial charge in [0.2, 0.25) is 5.91 Å². The van der Waals surface area contributed by atoms with Crippen LogP contribution in [0.15, 0.2) is 4.99 Å². The molecular formula is C18H35IN4O3S. The molecule has 0 aromatic heterocycles. The number of hydrogen-bond donors (Lipinski definition) is 2. The highest BCUT2D eigenvalue weighted by molar-refractivity contribution is 14.0. The summed E-state index contributed by atoms with van der Waals surface area (Å²) in [5.74, 6) is 1.53. The van der Waals surface area contributed by atoms with Crippen molar-refractivity contribution >= 4 is 45.7 Å². The zero-order chi connectivity index (χ0) is 19.2. The highest BCUT2D eigenvalue weighted by Gasteiger charge is 2.40. The molecule has 7 nitrogen and oxygen atoms in total. The number of amides is 1. The molecule has 0 aromatic carbocycles. The molecule has 27 heavy (non-hydrogen) atoms. The van der Waals surface area contributed by atoms with E-state index in [2.05, 4.69) is 15.6 Å². The van der Waals surface area contributed by atoms with E-state index < -0.39 is 14.6 Å². The second-order valence-electron chi connectivity index (χ2n) is 7.94. The van der Waals surface area contributed by atoms with Crippen molar-refractivity contribution < 1.29 is 13.2 Å². The summed E-state index contributed by atoms with van der Waals surface area (Å²) in [4.78, 5) is 18.6. The summed E-state index contributed by atoms with van der Waals surface area (Å²) in [6.45, 7) is 8.11. The van der Waals surface area contributed by atoms with E-state index in [9.17, 15) is 13.2 Å². The maximum Gasteiger partial charge on any atom is 0.220 e. The van der Waals surface area contributed by atoms with Crippen LogP contribution < -0.4 is 10.6 Å². The minimum atomic E-state index is -3.07. The standard InChI is InChI=1S/C18H34N4O3S.HI/c1-4-19-17(22-11-12-26(24,25)18(2,3)14-22)21-10-9-20-16(23)13-15-7-5-6-8-15;/h15H,4-14H2,1-3H3,(H,19,21)(H,20,23);1H. The van der Waals surface area contributed by atoms with E-state index in [0.29, 0.717) is 38.5 Å². The van der Waals surface area contributed by atoms with Crippen molar-refractivity contribution in [2.75, 3.05) is 38.5 Å². The number of sulfone groups is 1. The molecule has 1 aliphatic heterocycles. The second-order valence-corrected chi connectivity index (χ2v) is 10.7. The minimum absolute atomic E-state index is 0. The zero-order valence-corrected chi connectivity index (χ0v) is 19.9. The fourth-order valence-corrected chi connectivity index (χ4v) is 5.02. The number of rotatable bonds is 6. The Balaban J connectivity index is 0.00000364. The van der Waals surface area contributed by atoms with Gasteiger partial charge in [0.05, 0.1) is 17.0 Å². The Morgan fingerprint density at radius 1 is 1.22 bits per heavy atom. The molecule has 1 amide bonds. The number of hydrogen-bond acceptors (Lipinski definition) is 4. The number of guanidine groups is 1. The van der Waals surface area contributed by atoms with Gasteiger partial charge >= 0.3 is 0 Å². The molecule has 0 aromatic rings. The summed E-state index contributed by atoms with van der Waals surface area (Å²) in [7, 11) is -3.07. The molecule has 2 fully saturated rings. The third kappa shape index (κ3) is 7.07. The van der Waals surface area contributed by atoms with Crippen LogP contribution in [0.4, 0.5) is 0 Å². The van der Waals surface area contributed by atoms with Gasteiger partial charge in [0, 0.05) is 32.6 Å². The summed E-state index contributed by atoms with van der Waals surface area (Å²) in [6.07, 6.45) is 5.46.